The van der Waals surface area contributed by atoms with Gasteiger partial charge in [0.2, 0.25) is 0 Å². The van der Waals surface area contributed by atoms with Gasteiger partial charge in [-0.2, -0.15) is 0 Å². The molecule has 0 N–H and O–H groups in total. The van der Waals surface area contributed by atoms with Crippen molar-refractivity contribution in [2.45, 2.75) is 83.4 Å². The van der Waals surface area contributed by atoms with Crippen LogP contribution in [-0.4, -0.2) is 93.3 Å². The monoisotopic (exact) mass is 567 g/mol. The normalized spacial score (nSPS) is 19.3. The van der Waals surface area contributed by atoms with Gasteiger partial charge in [0.25, 0.3) is 0 Å². The van der Waals surface area contributed by atoms with Gasteiger partial charge in [-0.3, -0.25) is 14.9 Å². The average Bonchev–Trinajstić information content (AvgIpc) is 3.47. The largest absolute Gasteiger partial charge is 0.382 e. The first kappa shape index (κ1) is 31.8. The predicted octanol–water partition coefficient (Wildman–Crippen LogP) is 5.38. The molecule has 0 aliphatic carbocycles. The molecular formula is C33H53N5O3. The van der Waals surface area contributed by atoms with Gasteiger partial charge < -0.3 is 24.0 Å². The lowest BCUT2D eigenvalue weighted by atomic mass is 9.91. The van der Waals surface area contributed by atoms with Crippen LogP contribution in [0.25, 0.3) is 0 Å². The van der Waals surface area contributed by atoms with E-state index in [4.69, 9.17) is 24.2 Å². The van der Waals surface area contributed by atoms with E-state index in [1.54, 1.807) is 7.11 Å². The molecule has 4 heterocycles. The van der Waals surface area contributed by atoms with E-state index in [2.05, 4.69) is 87.8 Å². The van der Waals surface area contributed by atoms with Crippen LogP contribution >= 0.6 is 0 Å². The average molecular weight is 568 g/mol. The lowest BCUT2D eigenvalue weighted by Crippen LogP contribution is -2.50. The van der Waals surface area contributed by atoms with Gasteiger partial charge in [-0.15, -0.1) is 0 Å². The molecule has 8 heteroatoms. The third kappa shape index (κ3) is 8.26. The van der Waals surface area contributed by atoms with Gasteiger partial charge in [0.05, 0.1) is 42.6 Å². The van der Waals surface area contributed by atoms with Crippen LogP contribution in [0.1, 0.15) is 93.1 Å². The van der Waals surface area contributed by atoms with Gasteiger partial charge >= 0.3 is 0 Å². The fourth-order valence-corrected chi connectivity index (χ4v) is 5.96. The molecule has 0 radical (unpaired) electrons. The van der Waals surface area contributed by atoms with Crippen molar-refractivity contribution in [3.05, 3.63) is 52.6 Å². The van der Waals surface area contributed by atoms with Crippen LogP contribution in [0.2, 0.25) is 0 Å². The number of aromatic nitrogens is 2. The summed E-state index contributed by atoms with van der Waals surface area (Å²) in [4.78, 5) is 17.1. The zero-order valence-corrected chi connectivity index (χ0v) is 26.8. The number of piperidine rings is 1. The topological polar surface area (TPSA) is 63.2 Å². The Balaban J connectivity index is 1.42. The minimum absolute atomic E-state index is 0.304. The van der Waals surface area contributed by atoms with E-state index in [1.807, 2.05) is 0 Å². The van der Waals surface area contributed by atoms with Crippen LogP contribution in [-0.2, 0) is 27.3 Å². The van der Waals surface area contributed by atoms with Crippen molar-refractivity contribution in [1.82, 2.24) is 19.8 Å². The number of ether oxygens (including phenoxy) is 3. The van der Waals surface area contributed by atoms with Gasteiger partial charge in [0, 0.05) is 57.2 Å². The number of hydrogen-bond acceptors (Lipinski definition) is 8. The SMILES string of the molecule is COCC1(OCN(C)Cc2nc(C(C)C)ccc2[C@@H]2CCOC2)CCN(c2ccc(C(C)C)nc2CN(C)C)CC1. The van der Waals surface area contributed by atoms with Crippen LogP contribution in [0, 0.1) is 0 Å². The summed E-state index contributed by atoms with van der Waals surface area (Å²) in [6, 6.07) is 8.93. The Morgan fingerprint density at radius 2 is 1.61 bits per heavy atom. The van der Waals surface area contributed by atoms with Crippen molar-refractivity contribution < 1.29 is 14.2 Å². The lowest BCUT2D eigenvalue weighted by molar-refractivity contribution is -0.133. The molecule has 1 atom stereocenters. The van der Waals surface area contributed by atoms with Gasteiger partial charge in [0.15, 0.2) is 0 Å². The summed E-state index contributed by atoms with van der Waals surface area (Å²) in [5.74, 6) is 1.24. The molecule has 2 aliphatic heterocycles. The lowest BCUT2D eigenvalue weighted by Gasteiger charge is -2.43. The molecule has 0 aromatic carbocycles. The molecule has 8 nitrogen and oxygen atoms in total. The minimum atomic E-state index is -0.304. The zero-order chi connectivity index (χ0) is 29.6. The first-order chi connectivity index (χ1) is 19.6. The Morgan fingerprint density at radius 3 is 2.20 bits per heavy atom. The molecule has 2 fully saturated rings. The maximum Gasteiger partial charge on any atom is 0.0999 e. The Hall–Kier alpha value is -2.10. The van der Waals surface area contributed by atoms with Crippen LogP contribution in [0.3, 0.4) is 0 Å². The molecule has 41 heavy (non-hydrogen) atoms. The molecule has 2 aliphatic rings. The van der Waals surface area contributed by atoms with Crippen molar-refractivity contribution in [3.8, 4) is 0 Å². The maximum absolute atomic E-state index is 6.72. The third-order valence-corrected chi connectivity index (χ3v) is 8.45. The summed E-state index contributed by atoms with van der Waals surface area (Å²) in [6.07, 6.45) is 2.89. The van der Waals surface area contributed by atoms with E-state index in [0.29, 0.717) is 31.1 Å². The molecule has 2 saturated heterocycles. The molecule has 2 aromatic heterocycles. The molecule has 0 spiro atoms. The first-order valence-corrected chi connectivity index (χ1v) is 15.4. The molecule has 228 valence electrons. The summed E-state index contributed by atoms with van der Waals surface area (Å²) >= 11 is 0. The Kier molecular flexibility index (Phi) is 11.2. The summed E-state index contributed by atoms with van der Waals surface area (Å²) < 4.78 is 18.1. The van der Waals surface area contributed by atoms with E-state index >= 15 is 0 Å². The van der Waals surface area contributed by atoms with Crippen LogP contribution < -0.4 is 4.90 Å². The third-order valence-electron chi connectivity index (χ3n) is 8.45. The van der Waals surface area contributed by atoms with Gasteiger partial charge in [-0.1, -0.05) is 33.8 Å². The second-order valence-electron chi connectivity index (χ2n) is 13.0. The van der Waals surface area contributed by atoms with E-state index in [9.17, 15) is 0 Å². The highest BCUT2D eigenvalue weighted by molar-refractivity contribution is 5.52. The van der Waals surface area contributed by atoms with Crippen LogP contribution in [0.4, 0.5) is 5.69 Å². The van der Waals surface area contributed by atoms with Crippen molar-refractivity contribution in [1.29, 1.82) is 0 Å². The van der Waals surface area contributed by atoms with E-state index in [-0.39, 0.29) is 5.60 Å². The number of anilines is 1. The molecular weight excluding hydrogens is 514 g/mol. The van der Waals surface area contributed by atoms with E-state index in [1.165, 1.54) is 11.3 Å². The van der Waals surface area contributed by atoms with Crippen molar-refractivity contribution >= 4 is 5.69 Å². The van der Waals surface area contributed by atoms with Crippen molar-refractivity contribution in [3.63, 3.8) is 0 Å². The highest BCUT2D eigenvalue weighted by Gasteiger charge is 2.37. The molecule has 0 saturated carbocycles. The number of hydrogen-bond donors (Lipinski definition) is 0. The molecule has 0 amide bonds. The number of methoxy groups -OCH3 is 1. The summed E-state index contributed by atoms with van der Waals surface area (Å²) in [6.45, 7) is 15.0. The second kappa shape index (κ2) is 14.4. The smallest absolute Gasteiger partial charge is 0.0999 e. The Bertz CT molecular complexity index is 1110. The van der Waals surface area contributed by atoms with E-state index < -0.39 is 0 Å². The van der Waals surface area contributed by atoms with Crippen molar-refractivity contribution in [2.24, 2.45) is 0 Å². The zero-order valence-electron chi connectivity index (χ0n) is 26.8. The van der Waals surface area contributed by atoms with Gasteiger partial charge in [-0.25, -0.2) is 0 Å². The molecule has 0 unspecified atom stereocenters. The fraction of sp³-hybridized carbons (Fsp3) is 0.697. The first-order valence-electron chi connectivity index (χ1n) is 15.4. The van der Waals surface area contributed by atoms with Crippen LogP contribution in [0.15, 0.2) is 24.3 Å². The van der Waals surface area contributed by atoms with Gasteiger partial charge in [0.1, 0.15) is 0 Å². The van der Waals surface area contributed by atoms with Crippen LogP contribution in [0.5, 0.6) is 0 Å². The molecule has 4 rings (SSSR count). The Labute approximate surface area is 248 Å². The van der Waals surface area contributed by atoms with E-state index in [0.717, 1.165) is 81.4 Å². The summed E-state index contributed by atoms with van der Waals surface area (Å²) in [5.41, 5.74) is 6.86. The minimum Gasteiger partial charge on any atom is -0.382 e. The van der Waals surface area contributed by atoms with Crippen molar-refractivity contribution in [2.75, 3.05) is 72.8 Å². The Morgan fingerprint density at radius 1 is 0.951 bits per heavy atom. The fourth-order valence-electron chi connectivity index (χ4n) is 5.96. The highest BCUT2D eigenvalue weighted by atomic mass is 16.5. The standard InChI is InChI=1S/C33H53N5O3/c1-24(2)28-10-9-27(26-13-18-40-21-26)30(34-28)20-37(7)23-41-33(22-39-8)14-16-38(17-15-33)32-12-11-29(25(3)4)35-31(32)19-36(5)6/h9-12,24-26H,13-23H2,1-8H3/t26-/m1/s1. The quantitative estimate of drug-likeness (QED) is 0.299. The summed E-state index contributed by atoms with van der Waals surface area (Å²) in [5, 5.41) is 0. The maximum atomic E-state index is 6.72. The number of pyridine rings is 2. The number of rotatable bonds is 13. The molecule has 2 aromatic rings. The second-order valence-corrected chi connectivity index (χ2v) is 13.0. The summed E-state index contributed by atoms with van der Waals surface area (Å²) in [7, 11) is 8.12. The van der Waals surface area contributed by atoms with Gasteiger partial charge in [-0.05, 0) is 76.0 Å². The predicted molar refractivity (Wildman–Crippen MR) is 166 cm³/mol. The highest BCUT2D eigenvalue weighted by Crippen LogP contribution is 2.33. The molecule has 0 bridgehead atoms. The number of nitrogens with zero attached hydrogens (tertiary/aromatic N) is 5.